The quantitative estimate of drug-likeness (QED) is 0.478. The number of benzene rings is 2. The van der Waals surface area contributed by atoms with E-state index in [2.05, 4.69) is 15.0 Å². The molecule has 0 spiro atoms. The van der Waals surface area contributed by atoms with Gasteiger partial charge in [-0.15, -0.1) is 11.3 Å². The topological polar surface area (TPSA) is 38.7 Å². The third-order valence-corrected chi connectivity index (χ3v) is 4.11. The van der Waals surface area contributed by atoms with Crippen LogP contribution < -0.4 is 0 Å². The molecule has 0 saturated carbocycles. The van der Waals surface area contributed by atoms with Crippen LogP contribution >= 0.6 is 34.5 Å². The number of hydrogen-bond acceptors (Lipinski definition) is 4. The van der Waals surface area contributed by atoms with Gasteiger partial charge in [-0.05, 0) is 35.3 Å². The van der Waals surface area contributed by atoms with E-state index in [1.807, 2.05) is 0 Å². The summed E-state index contributed by atoms with van der Waals surface area (Å²) in [5, 5.41) is -0.136. The predicted molar refractivity (Wildman–Crippen MR) is 88.2 cm³/mol. The zero-order valence-electron chi connectivity index (χ0n) is 17.0. The van der Waals surface area contributed by atoms with Crippen LogP contribution in [0.3, 0.4) is 0 Å². The Balaban J connectivity index is 2.34. The molecule has 0 aliphatic rings. The summed E-state index contributed by atoms with van der Waals surface area (Å²) in [7, 11) is 0. The highest BCUT2D eigenvalue weighted by Crippen LogP contribution is 2.38. The molecule has 0 aliphatic carbocycles. The van der Waals surface area contributed by atoms with Gasteiger partial charge in [0.25, 0.3) is 0 Å². The highest BCUT2D eigenvalue weighted by Gasteiger charge is 2.13. The van der Waals surface area contributed by atoms with E-state index in [1.54, 1.807) is 0 Å². The fourth-order valence-electron chi connectivity index (χ4n) is 1.97. The summed E-state index contributed by atoms with van der Waals surface area (Å²) in [5.74, 6) is -0.111. The third-order valence-electron chi connectivity index (χ3n) is 2.75. The van der Waals surface area contributed by atoms with Crippen molar-refractivity contribution in [3.05, 3.63) is 52.9 Å². The number of rotatable bonds is 1. The molecule has 0 aliphatic heterocycles. The standard InChI is InChI=1S/C15H7Cl2N3S/c16-14-18-13(19-15(17)20-14)9-5-3-7-11-12(9)8-4-1-2-6-10(8)21-11/h1-7H/i1D,2D,3D,4D,5D,6D,7D. The average molecular weight is 339 g/mol. The second-order valence-corrected chi connectivity index (χ2v) is 5.65. The second-order valence-electron chi connectivity index (χ2n) is 3.96. The molecule has 0 saturated heterocycles. The molecule has 0 atom stereocenters. The molecular weight excluding hydrogens is 325 g/mol. The van der Waals surface area contributed by atoms with Crippen LogP contribution in [0, 0.1) is 0 Å². The van der Waals surface area contributed by atoms with Gasteiger partial charge in [0.2, 0.25) is 10.6 Å². The van der Waals surface area contributed by atoms with Crippen molar-refractivity contribution in [2.45, 2.75) is 0 Å². The Morgan fingerprint density at radius 1 is 0.857 bits per heavy atom. The lowest BCUT2D eigenvalue weighted by atomic mass is 10.1. The summed E-state index contributed by atoms with van der Waals surface area (Å²) in [5.41, 5.74) is 0.0125. The number of thiophene rings is 1. The molecule has 0 fully saturated rings. The van der Waals surface area contributed by atoms with Crippen molar-refractivity contribution in [1.82, 2.24) is 15.0 Å². The van der Waals surface area contributed by atoms with Crippen LogP contribution in [0.1, 0.15) is 9.60 Å². The molecule has 2 heterocycles. The van der Waals surface area contributed by atoms with Crippen LogP contribution in [0.15, 0.2) is 42.3 Å². The maximum Gasteiger partial charge on any atom is 0.227 e. The van der Waals surface area contributed by atoms with E-state index in [-0.39, 0.29) is 66.3 Å². The number of hydrogen-bond donors (Lipinski definition) is 0. The predicted octanol–water partition coefficient (Wildman–Crippen LogP) is 5.21. The van der Waals surface area contributed by atoms with Crippen LogP contribution in [0.25, 0.3) is 31.6 Å². The Hall–Kier alpha value is -1.75. The first-order valence-electron chi connectivity index (χ1n) is 9.13. The van der Waals surface area contributed by atoms with Crippen LogP contribution in [-0.2, 0) is 0 Å². The lowest BCUT2D eigenvalue weighted by Crippen LogP contribution is -1.93. The van der Waals surface area contributed by atoms with Gasteiger partial charge in [-0.25, -0.2) is 0 Å². The Kier molecular flexibility index (Phi) is 1.75. The van der Waals surface area contributed by atoms with Crippen molar-refractivity contribution in [1.29, 1.82) is 0 Å². The molecule has 6 heteroatoms. The van der Waals surface area contributed by atoms with E-state index in [0.717, 1.165) is 11.3 Å². The smallest absolute Gasteiger partial charge is 0.198 e. The monoisotopic (exact) mass is 338 g/mol. The van der Waals surface area contributed by atoms with E-state index in [9.17, 15) is 0 Å². The first-order valence-corrected chi connectivity index (χ1v) is 7.20. The van der Waals surface area contributed by atoms with Gasteiger partial charge < -0.3 is 0 Å². The number of halogens is 2. The Labute approximate surface area is 144 Å². The summed E-state index contributed by atoms with van der Waals surface area (Å²) in [4.78, 5) is 11.6. The molecule has 0 unspecified atom stereocenters. The molecular formula is C15H7Cl2N3S. The Bertz CT molecular complexity index is 1310. The van der Waals surface area contributed by atoms with Gasteiger partial charge in [0.15, 0.2) is 5.82 Å². The van der Waals surface area contributed by atoms with Crippen molar-refractivity contribution >= 4 is 54.7 Å². The molecule has 102 valence electrons. The molecule has 0 bridgehead atoms. The molecule has 21 heavy (non-hydrogen) atoms. The van der Waals surface area contributed by atoms with Crippen molar-refractivity contribution in [3.63, 3.8) is 0 Å². The second kappa shape index (κ2) is 4.91. The summed E-state index contributed by atoms with van der Waals surface area (Å²) >= 11 is 12.7. The molecule has 2 aromatic heterocycles. The first-order chi connectivity index (χ1) is 13.1. The third kappa shape index (κ3) is 2.16. The number of nitrogens with zero attached hydrogens (tertiary/aromatic N) is 3. The van der Waals surface area contributed by atoms with Gasteiger partial charge in [-0.1, -0.05) is 30.2 Å². The normalized spacial score (nSPS) is 16.0. The van der Waals surface area contributed by atoms with Crippen LogP contribution in [0.4, 0.5) is 0 Å². The average Bonchev–Trinajstić information content (AvgIpc) is 3.02. The molecule has 0 N–H and O–H groups in total. The molecule has 4 aromatic rings. The van der Waals surface area contributed by atoms with Crippen LogP contribution in [0.2, 0.25) is 10.6 Å². The summed E-state index contributed by atoms with van der Waals surface area (Å²) in [6, 6.07) is -2.44. The lowest BCUT2D eigenvalue weighted by molar-refractivity contribution is 1.06. The van der Waals surface area contributed by atoms with E-state index >= 15 is 0 Å². The molecule has 3 nitrogen and oxygen atoms in total. The zero-order chi connectivity index (χ0) is 20.5. The summed E-state index contributed by atoms with van der Waals surface area (Å²) in [6.45, 7) is 0. The largest absolute Gasteiger partial charge is 0.227 e. The van der Waals surface area contributed by atoms with Crippen LogP contribution in [0.5, 0.6) is 0 Å². The molecule has 4 rings (SSSR count). The highest BCUT2D eigenvalue weighted by molar-refractivity contribution is 7.25. The first kappa shape index (κ1) is 7.49. The zero-order valence-corrected chi connectivity index (χ0v) is 12.3. The molecule has 0 amide bonds. The Morgan fingerprint density at radius 3 is 2.38 bits per heavy atom. The summed E-state index contributed by atoms with van der Waals surface area (Å²) in [6.07, 6.45) is 0. The minimum absolute atomic E-state index is 0.0125. The lowest BCUT2D eigenvalue weighted by Gasteiger charge is -2.03. The maximum atomic E-state index is 8.35. The van der Waals surface area contributed by atoms with Crippen molar-refractivity contribution in [3.8, 4) is 11.4 Å². The van der Waals surface area contributed by atoms with E-state index in [4.69, 9.17) is 32.8 Å². The summed E-state index contributed by atoms with van der Waals surface area (Å²) < 4.78 is 57.5. The highest BCUT2D eigenvalue weighted by atomic mass is 35.5. The van der Waals surface area contributed by atoms with Gasteiger partial charge in [0.1, 0.15) is 0 Å². The minimum atomic E-state index is -0.442. The number of fused-ring (bicyclic) bond motifs is 3. The van der Waals surface area contributed by atoms with Crippen LogP contribution in [-0.4, -0.2) is 15.0 Å². The van der Waals surface area contributed by atoms with E-state index < -0.39 is 18.1 Å². The van der Waals surface area contributed by atoms with Crippen molar-refractivity contribution in [2.75, 3.05) is 0 Å². The van der Waals surface area contributed by atoms with Gasteiger partial charge in [-0.2, -0.15) is 15.0 Å². The van der Waals surface area contributed by atoms with Crippen molar-refractivity contribution < 1.29 is 9.60 Å². The van der Waals surface area contributed by atoms with E-state index in [1.165, 1.54) is 0 Å². The van der Waals surface area contributed by atoms with Gasteiger partial charge in [-0.3, -0.25) is 0 Å². The number of aromatic nitrogens is 3. The Morgan fingerprint density at radius 2 is 1.57 bits per heavy atom. The molecule has 0 radical (unpaired) electrons. The van der Waals surface area contributed by atoms with Gasteiger partial charge in [0, 0.05) is 25.7 Å². The minimum Gasteiger partial charge on any atom is -0.198 e. The van der Waals surface area contributed by atoms with Gasteiger partial charge >= 0.3 is 0 Å². The van der Waals surface area contributed by atoms with Crippen molar-refractivity contribution in [2.24, 2.45) is 0 Å². The molecule has 2 aromatic carbocycles. The fraction of sp³-hybridized carbons (Fsp3) is 0. The fourth-order valence-corrected chi connectivity index (χ4v) is 3.30. The SMILES string of the molecule is [2H]c1c([2H])c([2H])c2c(sc3c([2H])c([2H])c([2H])c(-c4nc(Cl)nc(Cl)n4)c32)c1[2H]. The van der Waals surface area contributed by atoms with E-state index in [0.29, 0.717) is 0 Å². The van der Waals surface area contributed by atoms with Gasteiger partial charge in [0.05, 0.1) is 9.60 Å². The maximum absolute atomic E-state index is 8.35.